The van der Waals surface area contributed by atoms with Crippen molar-refractivity contribution in [1.82, 2.24) is 4.98 Å². The molecule has 2 aromatic rings. The largest absolute Gasteiger partial charge is 0.496 e. The SMILES string of the molecule is COc1ccccc1Sc1ccc(C(=O)O)nc1. The first-order chi connectivity index (χ1) is 8.70. The Balaban J connectivity index is 2.21. The van der Waals surface area contributed by atoms with E-state index in [0.717, 1.165) is 15.5 Å². The smallest absolute Gasteiger partial charge is 0.354 e. The van der Waals surface area contributed by atoms with E-state index in [2.05, 4.69) is 4.98 Å². The summed E-state index contributed by atoms with van der Waals surface area (Å²) in [6.07, 6.45) is 1.54. The van der Waals surface area contributed by atoms with E-state index in [0.29, 0.717) is 0 Å². The van der Waals surface area contributed by atoms with Crippen LogP contribution < -0.4 is 4.74 Å². The van der Waals surface area contributed by atoms with Crippen LogP contribution in [0.25, 0.3) is 0 Å². The zero-order valence-corrected chi connectivity index (χ0v) is 10.5. The predicted molar refractivity (Wildman–Crippen MR) is 68.3 cm³/mol. The van der Waals surface area contributed by atoms with Gasteiger partial charge < -0.3 is 9.84 Å². The molecule has 1 heterocycles. The van der Waals surface area contributed by atoms with Gasteiger partial charge in [-0.05, 0) is 24.3 Å². The Labute approximate surface area is 109 Å². The van der Waals surface area contributed by atoms with E-state index < -0.39 is 5.97 Å². The van der Waals surface area contributed by atoms with Crippen molar-refractivity contribution in [3.63, 3.8) is 0 Å². The van der Waals surface area contributed by atoms with Gasteiger partial charge in [-0.2, -0.15) is 0 Å². The van der Waals surface area contributed by atoms with Crippen LogP contribution in [0.3, 0.4) is 0 Å². The first-order valence-electron chi connectivity index (χ1n) is 5.21. The van der Waals surface area contributed by atoms with Crippen molar-refractivity contribution in [3.8, 4) is 5.75 Å². The molecule has 5 heteroatoms. The maximum Gasteiger partial charge on any atom is 0.354 e. The standard InChI is InChI=1S/C13H11NO3S/c1-17-11-4-2-3-5-12(11)18-9-6-7-10(13(15)16)14-8-9/h2-8H,1H3,(H,15,16). The van der Waals surface area contributed by atoms with Gasteiger partial charge in [-0.15, -0.1) is 0 Å². The lowest BCUT2D eigenvalue weighted by Crippen LogP contribution is -1.98. The van der Waals surface area contributed by atoms with E-state index in [1.807, 2.05) is 24.3 Å². The third-order valence-electron chi connectivity index (χ3n) is 2.25. The van der Waals surface area contributed by atoms with Crippen molar-refractivity contribution in [2.75, 3.05) is 7.11 Å². The molecule has 1 N–H and O–H groups in total. The Kier molecular flexibility index (Phi) is 3.84. The number of carboxylic acid groups (broad SMARTS) is 1. The van der Waals surface area contributed by atoms with Gasteiger partial charge in [0.05, 0.1) is 12.0 Å². The lowest BCUT2D eigenvalue weighted by molar-refractivity contribution is 0.0690. The molecule has 1 aromatic heterocycles. The molecule has 0 aliphatic carbocycles. The van der Waals surface area contributed by atoms with Crippen LogP contribution in [0.4, 0.5) is 0 Å². The molecule has 0 unspecified atom stereocenters. The number of ether oxygens (including phenoxy) is 1. The summed E-state index contributed by atoms with van der Waals surface area (Å²) in [6, 6.07) is 10.8. The number of methoxy groups -OCH3 is 1. The number of pyridine rings is 1. The summed E-state index contributed by atoms with van der Waals surface area (Å²) in [6.45, 7) is 0. The minimum atomic E-state index is -1.02. The molecular weight excluding hydrogens is 250 g/mol. The molecule has 18 heavy (non-hydrogen) atoms. The molecule has 0 saturated heterocycles. The number of carbonyl (C=O) groups is 1. The average molecular weight is 261 g/mol. The Morgan fingerprint density at radius 3 is 2.67 bits per heavy atom. The fraction of sp³-hybridized carbons (Fsp3) is 0.0769. The molecule has 0 aliphatic rings. The van der Waals surface area contributed by atoms with Crippen LogP contribution in [0.5, 0.6) is 5.75 Å². The minimum Gasteiger partial charge on any atom is -0.496 e. The maximum atomic E-state index is 10.7. The van der Waals surface area contributed by atoms with Crippen LogP contribution >= 0.6 is 11.8 Å². The van der Waals surface area contributed by atoms with Crippen LogP contribution in [0, 0.1) is 0 Å². The molecule has 0 atom stereocenters. The summed E-state index contributed by atoms with van der Waals surface area (Å²) in [5.74, 6) is -0.242. The molecule has 4 nitrogen and oxygen atoms in total. The lowest BCUT2D eigenvalue weighted by Gasteiger charge is -2.07. The second kappa shape index (κ2) is 5.55. The summed E-state index contributed by atoms with van der Waals surface area (Å²) in [5.41, 5.74) is 0.0411. The van der Waals surface area contributed by atoms with Crippen molar-refractivity contribution >= 4 is 17.7 Å². The highest BCUT2D eigenvalue weighted by molar-refractivity contribution is 7.99. The summed E-state index contributed by atoms with van der Waals surface area (Å²) in [7, 11) is 1.62. The number of hydrogen-bond acceptors (Lipinski definition) is 4. The third kappa shape index (κ3) is 2.81. The zero-order chi connectivity index (χ0) is 13.0. The summed E-state index contributed by atoms with van der Waals surface area (Å²) in [4.78, 5) is 16.4. The van der Waals surface area contributed by atoms with Crippen LogP contribution in [0.15, 0.2) is 52.4 Å². The number of aromatic carboxylic acids is 1. The molecule has 0 aliphatic heterocycles. The van der Waals surface area contributed by atoms with Gasteiger partial charge in [0.1, 0.15) is 11.4 Å². The van der Waals surface area contributed by atoms with E-state index in [4.69, 9.17) is 9.84 Å². The number of benzene rings is 1. The fourth-order valence-corrected chi connectivity index (χ4v) is 2.29. The number of aromatic nitrogens is 1. The molecule has 0 spiro atoms. The van der Waals surface area contributed by atoms with Crippen molar-refractivity contribution < 1.29 is 14.6 Å². The molecule has 0 amide bonds. The van der Waals surface area contributed by atoms with Crippen molar-refractivity contribution in [1.29, 1.82) is 0 Å². The lowest BCUT2D eigenvalue weighted by atomic mass is 10.3. The molecule has 0 saturated carbocycles. The molecular formula is C13H11NO3S. The summed E-state index contributed by atoms with van der Waals surface area (Å²) in [5, 5.41) is 8.76. The monoisotopic (exact) mass is 261 g/mol. The van der Waals surface area contributed by atoms with Gasteiger partial charge in [0, 0.05) is 11.1 Å². The Bertz CT molecular complexity index is 554. The van der Waals surface area contributed by atoms with E-state index >= 15 is 0 Å². The van der Waals surface area contributed by atoms with Gasteiger partial charge >= 0.3 is 5.97 Å². The van der Waals surface area contributed by atoms with Gasteiger partial charge in [0.25, 0.3) is 0 Å². The normalized spacial score (nSPS) is 10.1. The quantitative estimate of drug-likeness (QED) is 0.917. The van der Waals surface area contributed by atoms with Crippen molar-refractivity contribution in [3.05, 3.63) is 48.3 Å². The second-order valence-electron chi connectivity index (χ2n) is 3.44. The fourth-order valence-electron chi connectivity index (χ4n) is 1.40. The Hall–Kier alpha value is -2.01. The van der Waals surface area contributed by atoms with Crippen LogP contribution in [-0.2, 0) is 0 Å². The molecule has 2 rings (SSSR count). The van der Waals surface area contributed by atoms with E-state index in [1.165, 1.54) is 17.8 Å². The van der Waals surface area contributed by atoms with Gasteiger partial charge in [-0.25, -0.2) is 9.78 Å². The first-order valence-corrected chi connectivity index (χ1v) is 6.02. The molecule has 1 aromatic carbocycles. The number of hydrogen-bond donors (Lipinski definition) is 1. The number of nitrogens with zero attached hydrogens (tertiary/aromatic N) is 1. The van der Waals surface area contributed by atoms with Crippen molar-refractivity contribution in [2.24, 2.45) is 0 Å². The Morgan fingerprint density at radius 2 is 2.06 bits per heavy atom. The maximum absolute atomic E-state index is 10.7. The average Bonchev–Trinajstić information content (AvgIpc) is 2.40. The van der Waals surface area contributed by atoms with Gasteiger partial charge in [-0.1, -0.05) is 23.9 Å². The van der Waals surface area contributed by atoms with E-state index in [9.17, 15) is 4.79 Å². The topological polar surface area (TPSA) is 59.4 Å². The first kappa shape index (κ1) is 12.4. The van der Waals surface area contributed by atoms with Crippen LogP contribution in [-0.4, -0.2) is 23.2 Å². The number of para-hydroxylation sites is 1. The highest BCUT2D eigenvalue weighted by Crippen LogP contribution is 2.34. The Morgan fingerprint density at radius 1 is 1.28 bits per heavy atom. The molecule has 0 bridgehead atoms. The minimum absolute atomic E-state index is 0.0411. The highest BCUT2D eigenvalue weighted by atomic mass is 32.2. The highest BCUT2D eigenvalue weighted by Gasteiger charge is 2.06. The van der Waals surface area contributed by atoms with Crippen LogP contribution in [0.2, 0.25) is 0 Å². The summed E-state index contributed by atoms with van der Waals surface area (Å²) >= 11 is 1.48. The van der Waals surface area contributed by atoms with Gasteiger partial charge in [-0.3, -0.25) is 0 Å². The van der Waals surface area contributed by atoms with Crippen molar-refractivity contribution in [2.45, 2.75) is 9.79 Å². The van der Waals surface area contributed by atoms with E-state index in [-0.39, 0.29) is 5.69 Å². The second-order valence-corrected chi connectivity index (χ2v) is 4.55. The van der Waals surface area contributed by atoms with E-state index in [1.54, 1.807) is 19.4 Å². The number of carboxylic acids is 1. The zero-order valence-electron chi connectivity index (χ0n) is 9.66. The molecule has 0 radical (unpaired) electrons. The molecule has 92 valence electrons. The third-order valence-corrected chi connectivity index (χ3v) is 3.29. The van der Waals surface area contributed by atoms with Gasteiger partial charge in [0.2, 0.25) is 0 Å². The predicted octanol–water partition coefficient (Wildman–Crippen LogP) is 2.94. The summed E-state index contributed by atoms with van der Waals surface area (Å²) < 4.78 is 5.24. The molecule has 0 fully saturated rings. The van der Waals surface area contributed by atoms with Gasteiger partial charge in [0.15, 0.2) is 0 Å². The van der Waals surface area contributed by atoms with Crippen LogP contribution in [0.1, 0.15) is 10.5 Å². The number of rotatable bonds is 4.